The normalized spacial score (nSPS) is 14.2. The number of amides is 1. The van der Waals surface area contributed by atoms with Crippen LogP contribution in [0, 0.1) is 0 Å². The highest BCUT2D eigenvalue weighted by Gasteiger charge is 2.40. The lowest BCUT2D eigenvalue weighted by Crippen LogP contribution is -2.31. The SMILES string of the molecule is O=C(O)CCCOc1cccc(COc2cc(C(=O)N3CCC(F)(F)C3)cc(-c3ccsc3)c2)c1CCC(=O)O. The maximum Gasteiger partial charge on any atom is 0.303 e. The third kappa shape index (κ3) is 7.78. The Morgan fingerprint density at radius 3 is 2.48 bits per heavy atom. The molecular formula is C29H29F2NO7S. The molecule has 1 fully saturated rings. The van der Waals surface area contributed by atoms with E-state index in [2.05, 4.69) is 0 Å². The number of benzene rings is 2. The van der Waals surface area contributed by atoms with Crippen molar-refractivity contribution in [2.24, 2.45) is 0 Å². The zero-order valence-electron chi connectivity index (χ0n) is 21.6. The summed E-state index contributed by atoms with van der Waals surface area (Å²) in [7, 11) is 0. The molecule has 8 nitrogen and oxygen atoms in total. The van der Waals surface area contributed by atoms with Gasteiger partial charge in [0, 0.05) is 36.9 Å². The minimum atomic E-state index is -2.91. The molecule has 0 aliphatic carbocycles. The summed E-state index contributed by atoms with van der Waals surface area (Å²) in [5, 5.41) is 21.9. The minimum Gasteiger partial charge on any atom is -0.493 e. The second-order valence-corrected chi connectivity index (χ2v) is 10.3. The fourth-order valence-corrected chi connectivity index (χ4v) is 5.12. The van der Waals surface area contributed by atoms with Gasteiger partial charge in [-0.2, -0.15) is 11.3 Å². The summed E-state index contributed by atoms with van der Waals surface area (Å²) < 4.78 is 39.4. The summed E-state index contributed by atoms with van der Waals surface area (Å²) in [6, 6.07) is 12.1. The van der Waals surface area contributed by atoms with Gasteiger partial charge in [-0.1, -0.05) is 12.1 Å². The fourth-order valence-electron chi connectivity index (χ4n) is 4.46. The largest absolute Gasteiger partial charge is 0.493 e. The molecule has 0 spiro atoms. The van der Waals surface area contributed by atoms with Gasteiger partial charge in [-0.05, 0) is 70.6 Å². The van der Waals surface area contributed by atoms with E-state index in [-0.39, 0.29) is 51.0 Å². The molecule has 2 heterocycles. The summed E-state index contributed by atoms with van der Waals surface area (Å²) >= 11 is 1.48. The molecule has 212 valence electrons. The quantitative estimate of drug-likeness (QED) is 0.251. The number of hydrogen-bond acceptors (Lipinski definition) is 6. The molecular weight excluding hydrogens is 544 g/mol. The molecule has 0 bridgehead atoms. The number of carbonyl (C=O) groups excluding carboxylic acids is 1. The first-order valence-electron chi connectivity index (χ1n) is 12.8. The van der Waals surface area contributed by atoms with Crippen LogP contribution in [-0.4, -0.2) is 58.6 Å². The van der Waals surface area contributed by atoms with E-state index in [9.17, 15) is 28.3 Å². The monoisotopic (exact) mass is 573 g/mol. The first kappa shape index (κ1) is 29.0. The second-order valence-electron chi connectivity index (χ2n) is 9.51. The van der Waals surface area contributed by atoms with Crippen LogP contribution in [0.15, 0.2) is 53.2 Å². The van der Waals surface area contributed by atoms with Crippen LogP contribution in [0.4, 0.5) is 8.78 Å². The van der Waals surface area contributed by atoms with E-state index in [1.807, 2.05) is 16.8 Å². The van der Waals surface area contributed by atoms with E-state index < -0.39 is 30.3 Å². The average molecular weight is 574 g/mol. The van der Waals surface area contributed by atoms with Gasteiger partial charge in [-0.25, -0.2) is 8.78 Å². The van der Waals surface area contributed by atoms with E-state index in [0.717, 1.165) is 10.5 Å². The zero-order chi connectivity index (χ0) is 28.7. The van der Waals surface area contributed by atoms with Crippen LogP contribution in [0.5, 0.6) is 11.5 Å². The molecule has 2 aromatic carbocycles. The molecule has 1 amide bonds. The molecule has 1 saturated heterocycles. The number of thiophene rings is 1. The zero-order valence-corrected chi connectivity index (χ0v) is 22.4. The van der Waals surface area contributed by atoms with Crippen LogP contribution in [-0.2, 0) is 22.6 Å². The van der Waals surface area contributed by atoms with Crippen molar-refractivity contribution >= 4 is 29.2 Å². The predicted octanol–water partition coefficient (Wildman–Crippen LogP) is 5.74. The Kier molecular flexibility index (Phi) is 9.36. The number of hydrogen-bond donors (Lipinski definition) is 2. The molecule has 1 aliphatic heterocycles. The van der Waals surface area contributed by atoms with Crippen molar-refractivity contribution in [3.63, 3.8) is 0 Å². The van der Waals surface area contributed by atoms with Crippen LogP contribution >= 0.6 is 11.3 Å². The second kappa shape index (κ2) is 12.9. The molecule has 0 radical (unpaired) electrons. The van der Waals surface area contributed by atoms with Gasteiger partial charge in [0.05, 0.1) is 13.2 Å². The molecule has 0 atom stereocenters. The number of likely N-dealkylation sites (tertiary alicyclic amines) is 1. The van der Waals surface area contributed by atoms with Crippen LogP contribution in [0.1, 0.15) is 47.2 Å². The third-order valence-electron chi connectivity index (χ3n) is 6.47. The molecule has 3 aromatic rings. The smallest absolute Gasteiger partial charge is 0.303 e. The molecule has 2 N–H and O–H groups in total. The van der Waals surface area contributed by atoms with Gasteiger partial charge in [-0.15, -0.1) is 0 Å². The van der Waals surface area contributed by atoms with Gasteiger partial charge in [0.15, 0.2) is 0 Å². The van der Waals surface area contributed by atoms with Crippen molar-refractivity contribution in [1.29, 1.82) is 0 Å². The van der Waals surface area contributed by atoms with E-state index >= 15 is 0 Å². The van der Waals surface area contributed by atoms with Crippen LogP contribution in [0.3, 0.4) is 0 Å². The summed E-state index contributed by atoms with van der Waals surface area (Å²) in [5.74, 6) is -4.52. The van der Waals surface area contributed by atoms with Crippen molar-refractivity contribution in [2.45, 2.75) is 44.6 Å². The lowest BCUT2D eigenvalue weighted by Gasteiger charge is -2.18. The Morgan fingerprint density at radius 1 is 1.00 bits per heavy atom. The van der Waals surface area contributed by atoms with Gasteiger partial charge < -0.3 is 24.6 Å². The van der Waals surface area contributed by atoms with Gasteiger partial charge in [-0.3, -0.25) is 14.4 Å². The Hall–Kier alpha value is -3.99. The highest BCUT2D eigenvalue weighted by Crippen LogP contribution is 2.32. The summed E-state index contributed by atoms with van der Waals surface area (Å²) in [6.07, 6.45) is -0.103. The maximum absolute atomic E-state index is 13.8. The van der Waals surface area contributed by atoms with Crippen LogP contribution in [0.25, 0.3) is 11.1 Å². The van der Waals surface area contributed by atoms with Crippen molar-refractivity contribution in [1.82, 2.24) is 4.90 Å². The Labute approximate surface area is 233 Å². The van der Waals surface area contributed by atoms with Gasteiger partial charge in [0.1, 0.15) is 18.1 Å². The highest BCUT2D eigenvalue weighted by atomic mass is 32.1. The molecule has 0 unspecified atom stereocenters. The van der Waals surface area contributed by atoms with Crippen LogP contribution < -0.4 is 9.47 Å². The number of alkyl halides is 2. The molecule has 1 aliphatic rings. The van der Waals surface area contributed by atoms with Crippen molar-refractivity contribution in [3.8, 4) is 22.6 Å². The predicted molar refractivity (Wildman–Crippen MR) is 144 cm³/mol. The number of halogens is 2. The Balaban J connectivity index is 1.58. The van der Waals surface area contributed by atoms with Gasteiger partial charge >= 0.3 is 11.9 Å². The maximum atomic E-state index is 13.8. The highest BCUT2D eigenvalue weighted by molar-refractivity contribution is 7.08. The first-order chi connectivity index (χ1) is 19.1. The van der Waals surface area contributed by atoms with Crippen molar-refractivity contribution in [3.05, 3.63) is 69.9 Å². The molecule has 40 heavy (non-hydrogen) atoms. The number of carboxylic acids is 2. The average Bonchev–Trinajstić information content (AvgIpc) is 3.58. The van der Waals surface area contributed by atoms with E-state index in [1.165, 1.54) is 17.4 Å². The van der Waals surface area contributed by atoms with Crippen LogP contribution in [0.2, 0.25) is 0 Å². The van der Waals surface area contributed by atoms with Crippen molar-refractivity contribution in [2.75, 3.05) is 19.7 Å². The molecule has 0 saturated carbocycles. The fraction of sp³-hybridized carbons (Fsp3) is 0.345. The lowest BCUT2D eigenvalue weighted by molar-refractivity contribution is -0.138. The lowest BCUT2D eigenvalue weighted by atomic mass is 10.0. The minimum absolute atomic E-state index is 0.0309. The molecule has 1 aromatic heterocycles. The number of nitrogens with zero attached hydrogens (tertiary/aromatic N) is 1. The third-order valence-corrected chi connectivity index (χ3v) is 7.15. The summed E-state index contributed by atoms with van der Waals surface area (Å²) in [5.41, 5.74) is 3.10. The van der Waals surface area contributed by atoms with E-state index in [0.29, 0.717) is 34.6 Å². The Morgan fingerprint density at radius 2 is 1.80 bits per heavy atom. The van der Waals surface area contributed by atoms with Crippen molar-refractivity contribution < 1.29 is 42.9 Å². The topological polar surface area (TPSA) is 113 Å². The molecule has 4 rings (SSSR count). The standard InChI is InChI=1S/C29H29F2NO7S/c30-29(31)9-10-32(18-29)28(37)22-13-21(20-8-12-40-17-20)14-23(15-22)39-16-19-3-1-4-25(24(19)6-7-27(35)36)38-11-2-5-26(33)34/h1,3-4,8,12-15,17H,2,5-7,9-11,16,18H2,(H,33,34)(H,35,36). The number of ether oxygens (including phenoxy) is 2. The number of carboxylic acid groups (broad SMARTS) is 2. The number of aliphatic carboxylic acids is 2. The molecule has 11 heteroatoms. The summed E-state index contributed by atoms with van der Waals surface area (Å²) in [4.78, 5) is 36.4. The van der Waals surface area contributed by atoms with Gasteiger partial charge in [0.25, 0.3) is 11.8 Å². The van der Waals surface area contributed by atoms with E-state index in [4.69, 9.17) is 14.6 Å². The van der Waals surface area contributed by atoms with E-state index in [1.54, 1.807) is 30.3 Å². The number of carbonyl (C=O) groups is 3. The number of rotatable bonds is 13. The van der Waals surface area contributed by atoms with Gasteiger partial charge in [0.2, 0.25) is 0 Å². The summed E-state index contributed by atoms with van der Waals surface area (Å²) in [6.45, 7) is -0.474. The Bertz CT molecular complexity index is 1360. The first-order valence-corrected chi connectivity index (χ1v) is 13.7.